The van der Waals surface area contributed by atoms with Crippen molar-refractivity contribution < 1.29 is 31.9 Å². The minimum Gasteiger partial charge on any atom is -0.419 e. The Bertz CT molecular complexity index is 922. The molecule has 1 heterocycles. The van der Waals surface area contributed by atoms with E-state index in [1.165, 1.54) is 0 Å². The number of hydrogen-bond acceptors (Lipinski definition) is 3. The van der Waals surface area contributed by atoms with Crippen LogP contribution >= 0.6 is 34.8 Å². The van der Waals surface area contributed by atoms with Gasteiger partial charge in [0.2, 0.25) is 5.78 Å². The number of esters is 1. The zero-order chi connectivity index (χ0) is 20.0. The Morgan fingerprint density at radius 3 is 2.19 bits per heavy atom. The molecule has 11 heteroatoms. The third-order valence-electron chi connectivity index (χ3n) is 3.31. The second kappa shape index (κ2) is 7.09. The normalized spacial score (nSPS) is 11.6. The standard InChI is InChI=1S/C15H8Cl3F4NO3/c1-5(24)14(25)26-9-3-6(8(19)4-7(9)16)10-11(17)12(15(20,21)22)23(2)13(10)18/h3-4H,1-2H3. The molecule has 0 atom stereocenters. The van der Waals surface area contributed by atoms with Gasteiger partial charge in [-0.2, -0.15) is 13.2 Å². The van der Waals surface area contributed by atoms with Gasteiger partial charge in [-0.25, -0.2) is 9.18 Å². The summed E-state index contributed by atoms with van der Waals surface area (Å²) < 4.78 is 59.0. The molecule has 0 fully saturated rings. The van der Waals surface area contributed by atoms with Gasteiger partial charge < -0.3 is 9.30 Å². The van der Waals surface area contributed by atoms with Crippen molar-refractivity contribution in [3.63, 3.8) is 0 Å². The Labute approximate surface area is 159 Å². The first kappa shape index (κ1) is 20.5. The average molecular weight is 433 g/mol. The van der Waals surface area contributed by atoms with Crippen LogP contribution in [0.25, 0.3) is 11.1 Å². The van der Waals surface area contributed by atoms with Crippen LogP contribution in [-0.4, -0.2) is 16.3 Å². The molecule has 0 aliphatic rings. The number of benzene rings is 1. The van der Waals surface area contributed by atoms with E-state index in [0.717, 1.165) is 20.0 Å². The number of ether oxygens (including phenoxy) is 1. The number of halogens is 7. The molecule has 1 aromatic heterocycles. The predicted molar refractivity (Wildman–Crippen MR) is 87.2 cm³/mol. The Morgan fingerprint density at radius 2 is 1.73 bits per heavy atom. The minimum atomic E-state index is -4.85. The molecule has 0 bridgehead atoms. The van der Waals surface area contributed by atoms with Gasteiger partial charge in [-0.15, -0.1) is 0 Å². The van der Waals surface area contributed by atoms with Gasteiger partial charge in [-0.3, -0.25) is 4.79 Å². The smallest absolute Gasteiger partial charge is 0.419 e. The van der Waals surface area contributed by atoms with Gasteiger partial charge in [0.25, 0.3) is 0 Å². The Balaban J connectivity index is 2.70. The summed E-state index contributed by atoms with van der Waals surface area (Å²) >= 11 is 17.4. The monoisotopic (exact) mass is 431 g/mol. The van der Waals surface area contributed by atoms with Crippen molar-refractivity contribution in [3.05, 3.63) is 38.8 Å². The van der Waals surface area contributed by atoms with Gasteiger partial charge in [-0.1, -0.05) is 34.8 Å². The van der Waals surface area contributed by atoms with Crippen LogP contribution in [0, 0.1) is 5.82 Å². The molecular formula is C15H8Cl3F4NO3. The van der Waals surface area contributed by atoms with Crippen LogP contribution in [0.1, 0.15) is 12.6 Å². The summed E-state index contributed by atoms with van der Waals surface area (Å²) in [7, 11) is 1.01. The van der Waals surface area contributed by atoms with Crippen LogP contribution < -0.4 is 4.74 Å². The molecule has 0 saturated carbocycles. The number of hydrogen-bond donors (Lipinski definition) is 0. The first-order valence-corrected chi connectivity index (χ1v) is 7.82. The van der Waals surface area contributed by atoms with Crippen LogP contribution in [0.15, 0.2) is 12.1 Å². The van der Waals surface area contributed by atoms with Crippen molar-refractivity contribution in [2.24, 2.45) is 7.05 Å². The Hall–Kier alpha value is -1.77. The number of rotatable bonds is 3. The number of carbonyl (C=O) groups is 2. The summed E-state index contributed by atoms with van der Waals surface area (Å²) in [6.45, 7) is 0.932. The van der Waals surface area contributed by atoms with E-state index in [4.69, 9.17) is 39.5 Å². The molecule has 4 nitrogen and oxygen atoms in total. The summed E-state index contributed by atoms with van der Waals surface area (Å²) in [5, 5.41) is -1.71. The summed E-state index contributed by atoms with van der Waals surface area (Å²) in [4.78, 5) is 22.4. The van der Waals surface area contributed by atoms with Crippen molar-refractivity contribution >= 4 is 46.6 Å². The maximum atomic E-state index is 14.3. The van der Waals surface area contributed by atoms with Gasteiger partial charge in [0.15, 0.2) is 5.75 Å². The number of carbonyl (C=O) groups excluding carboxylic acids is 2. The molecular weight excluding hydrogens is 425 g/mol. The zero-order valence-electron chi connectivity index (χ0n) is 13.0. The number of nitrogens with zero attached hydrogens (tertiary/aromatic N) is 1. The van der Waals surface area contributed by atoms with Gasteiger partial charge in [0, 0.05) is 25.1 Å². The zero-order valence-corrected chi connectivity index (χ0v) is 15.2. The number of ketones is 1. The van der Waals surface area contributed by atoms with E-state index in [2.05, 4.69) is 0 Å². The summed E-state index contributed by atoms with van der Waals surface area (Å²) in [6, 6.07) is 1.54. The number of aromatic nitrogens is 1. The predicted octanol–water partition coefficient (Wildman–Crippen LogP) is 5.30. The SMILES string of the molecule is CC(=O)C(=O)Oc1cc(-c2c(Cl)c(C(F)(F)F)n(C)c2Cl)c(F)cc1Cl. The molecule has 0 saturated heterocycles. The number of alkyl halides is 3. The largest absolute Gasteiger partial charge is 0.432 e. The molecule has 0 radical (unpaired) electrons. The highest BCUT2D eigenvalue weighted by Gasteiger charge is 2.40. The topological polar surface area (TPSA) is 48.3 Å². The molecule has 0 N–H and O–H groups in total. The van der Waals surface area contributed by atoms with Crippen molar-refractivity contribution in [3.8, 4) is 16.9 Å². The minimum absolute atomic E-state index is 0.375. The highest BCUT2D eigenvalue weighted by atomic mass is 35.5. The third-order valence-corrected chi connectivity index (χ3v) is 4.42. The highest BCUT2D eigenvalue weighted by molar-refractivity contribution is 6.40. The summed E-state index contributed by atoms with van der Waals surface area (Å²) in [6.07, 6.45) is -4.85. The first-order valence-electron chi connectivity index (χ1n) is 6.69. The van der Waals surface area contributed by atoms with Gasteiger partial charge >= 0.3 is 12.1 Å². The van der Waals surface area contributed by atoms with Crippen molar-refractivity contribution in [2.45, 2.75) is 13.1 Å². The van der Waals surface area contributed by atoms with Crippen LogP contribution in [0.4, 0.5) is 17.6 Å². The Kier molecular flexibility index (Phi) is 5.60. The van der Waals surface area contributed by atoms with Crippen molar-refractivity contribution in [1.82, 2.24) is 4.57 Å². The van der Waals surface area contributed by atoms with Gasteiger partial charge in [0.1, 0.15) is 16.7 Å². The Morgan fingerprint density at radius 1 is 1.15 bits per heavy atom. The van der Waals surface area contributed by atoms with E-state index >= 15 is 0 Å². The molecule has 2 aromatic rings. The third kappa shape index (κ3) is 3.67. The fraction of sp³-hybridized carbons (Fsp3) is 0.200. The molecule has 0 unspecified atom stereocenters. The van der Waals surface area contributed by atoms with Crippen LogP contribution in [-0.2, 0) is 22.8 Å². The van der Waals surface area contributed by atoms with Crippen LogP contribution in [0.5, 0.6) is 5.75 Å². The van der Waals surface area contributed by atoms with E-state index in [9.17, 15) is 27.2 Å². The van der Waals surface area contributed by atoms with Gasteiger partial charge in [-0.05, 0) is 12.1 Å². The molecule has 1 aromatic carbocycles. The van der Waals surface area contributed by atoms with E-state index in [0.29, 0.717) is 10.6 Å². The summed E-state index contributed by atoms with van der Waals surface area (Å²) in [5.41, 5.74) is -2.23. The van der Waals surface area contributed by atoms with Gasteiger partial charge in [0.05, 0.1) is 10.0 Å². The molecule has 0 aliphatic carbocycles. The second-order valence-electron chi connectivity index (χ2n) is 5.09. The average Bonchev–Trinajstić information content (AvgIpc) is 2.71. The van der Waals surface area contributed by atoms with Crippen LogP contribution in [0.2, 0.25) is 15.2 Å². The lowest BCUT2D eigenvalue weighted by Crippen LogP contribution is -2.17. The quantitative estimate of drug-likeness (QED) is 0.286. The molecule has 0 spiro atoms. The fourth-order valence-corrected chi connectivity index (χ4v) is 3.08. The molecule has 0 aliphatic heterocycles. The van der Waals surface area contributed by atoms with E-state index < -0.39 is 56.5 Å². The maximum absolute atomic E-state index is 14.3. The van der Waals surface area contributed by atoms with Crippen LogP contribution in [0.3, 0.4) is 0 Å². The van der Waals surface area contributed by atoms with Crippen molar-refractivity contribution in [2.75, 3.05) is 0 Å². The van der Waals surface area contributed by atoms with E-state index in [1.807, 2.05) is 0 Å². The summed E-state index contributed by atoms with van der Waals surface area (Å²) in [5.74, 6) is -3.73. The lowest BCUT2D eigenvalue weighted by Gasteiger charge is -2.09. The highest BCUT2D eigenvalue weighted by Crippen LogP contribution is 2.47. The molecule has 140 valence electrons. The number of Topliss-reactive ketones (excluding diaryl/α,β-unsaturated/α-hetero) is 1. The molecule has 26 heavy (non-hydrogen) atoms. The van der Waals surface area contributed by atoms with E-state index in [1.54, 1.807) is 0 Å². The molecule has 0 amide bonds. The fourth-order valence-electron chi connectivity index (χ4n) is 2.14. The van der Waals surface area contributed by atoms with Crippen molar-refractivity contribution in [1.29, 1.82) is 0 Å². The van der Waals surface area contributed by atoms with E-state index in [-0.39, 0.29) is 5.02 Å². The lowest BCUT2D eigenvalue weighted by atomic mass is 10.1. The molecule has 2 rings (SSSR count). The maximum Gasteiger partial charge on any atom is 0.432 e. The lowest BCUT2D eigenvalue weighted by molar-refractivity contribution is -0.146. The first-order chi connectivity index (χ1) is 11.9. The second-order valence-corrected chi connectivity index (χ2v) is 6.24.